The van der Waals surface area contributed by atoms with Crippen LogP contribution in [0.2, 0.25) is 0 Å². The van der Waals surface area contributed by atoms with Gasteiger partial charge in [0.05, 0.1) is 30.0 Å². The molecule has 0 spiro atoms. The van der Waals surface area contributed by atoms with Gasteiger partial charge < -0.3 is 14.5 Å². The summed E-state index contributed by atoms with van der Waals surface area (Å²) in [5.41, 5.74) is 0.165. The predicted octanol–water partition coefficient (Wildman–Crippen LogP) is 3.33. The molecule has 0 unspecified atom stereocenters. The van der Waals surface area contributed by atoms with Crippen molar-refractivity contribution in [3.63, 3.8) is 0 Å². The van der Waals surface area contributed by atoms with Gasteiger partial charge in [-0.2, -0.15) is 0 Å². The van der Waals surface area contributed by atoms with Crippen molar-refractivity contribution in [3.05, 3.63) is 78.5 Å². The number of furan rings is 1. The maximum Gasteiger partial charge on any atom is 0.264 e. The van der Waals surface area contributed by atoms with Gasteiger partial charge in [-0.1, -0.05) is 0 Å². The summed E-state index contributed by atoms with van der Waals surface area (Å²) in [6.07, 6.45) is 1.47. The zero-order chi connectivity index (χ0) is 21.6. The van der Waals surface area contributed by atoms with Crippen molar-refractivity contribution in [1.82, 2.24) is 5.32 Å². The van der Waals surface area contributed by atoms with Crippen LogP contribution in [0.15, 0.2) is 76.2 Å². The molecule has 0 saturated heterocycles. The Morgan fingerprint density at radius 3 is 2.40 bits per heavy atom. The van der Waals surface area contributed by atoms with Gasteiger partial charge in [-0.05, 0) is 67.6 Å². The lowest BCUT2D eigenvalue weighted by molar-refractivity contribution is -0.119. The van der Waals surface area contributed by atoms with Gasteiger partial charge in [-0.25, -0.2) is 12.8 Å². The van der Waals surface area contributed by atoms with Gasteiger partial charge in [0.15, 0.2) is 0 Å². The molecule has 2 aromatic carbocycles. The van der Waals surface area contributed by atoms with Crippen LogP contribution in [0.3, 0.4) is 0 Å². The molecule has 30 heavy (non-hydrogen) atoms. The zero-order valence-corrected chi connectivity index (χ0v) is 17.1. The Kier molecular flexibility index (Phi) is 6.73. The second kappa shape index (κ2) is 9.45. The standard InChI is InChI=1S/C21H21FN2O5S/c1-2-28-18-9-11-20(12-10-18)30(26,27)24(17-7-5-16(22)6-8-17)15-21(25)23-14-19-4-3-13-29-19/h3-13H,2,14-15H2,1H3,(H,23,25). The lowest BCUT2D eigenvalue weighted by Gasteiger charge is -2.24. The maximum absolute atomic E-state index is 13.4. The SMILES string of the molecule is CCOc1ccc(S(=O)(=O)N(CC(=O)NCc2ccco2)c2ccc(F)cc2)cc1. The third-order valence-corrected chi connectivity index (χ3v) is 5.95. The minimum absolute atomic E-state index is 0.0193. The van der Waals surface area contributed by atoms with E-state index in [1.54, 1.807) is 12.1 Å². The van der Waals surface area contributed by atoms with Crippen molar-refractivity contribution in [1.29, 1.82) is 0 Å². The van der Waals surface area contributed by atoms with E-state index in [2.05, 4.69) is 5.32 Å². The molecule has 1 amide bonds. The molecule has 3 rings (SSSR count). The second-order valence-corrected chi connectivity index (χ2v) is 8.11. The molecular weight excluding hydrogens is 411 g/mol. The largest absolute Gasteiger partial charge is 0.494 e. The highest BCUT2D eigenvalue weighted by atomic mass is 32.2. The molecule has 9 heteroatoms. The molecule has 0 aliphatic heterocycles. The van der Waals surface area contributed by atoms with E-state index >= 15 is 0 Å². The Morgan fingerprint density at radius 2 is 1.80 bits per heavy atom. The molecule has 7 nitrogen and oxygen atoms in total. The summed E-state index contributed by atoms with van der Waals surface area (Å²) < 4.78 is 51.3. The quantitative estimate of drug-likeness (QED) is 0.560. The number of rotatable bonds is 9. The Morgan fingerprint density at radius 1 is 1.10 bits per heavy atom. The minimum Gasteiger partial charge on any atom is -0.494 e. The average Bonchev–Trinajstić information content (AvgIpc) is 3.26. The molecule has 0 atom stereocenters. The number of nitrogens with zero attached hydrogens (tertiary/aromatic N) is 1. The number of ether oxygens (including phenoxy) is 1. The maximum atomic E-state index is 13.4. The Bertz CT molecular complexity index is 1070. The number of anilines is 1. The van der Waals surface area contributed by atoms with E-state index in [4.69, 9.17) is 9.15 Å². The van der Waals surface area contributed by atoms with Gasteiger partial charge in [0.25, 0.3) is 10.0 Å². The zero-order valence-electron chi connectivity index (χ0n) is 16.2. The van der Waals surface area contributed by atoms with Crippen LogP contribution >= 0.6 is 0 Å². The molecule has 3 aromatic rings. The molecule has 0 aliphatic rings. The van der Waals surface area contributed by atoms with Gasteiger partial charge in [-0.3, -0.25) is 9.10 Å². The first kappa shape index (κ1) is 21.4. The summed E-state index contributed by atoms with van der Waals surface area (Å²) in [5.74, 6) is 0.0108. The van der Waals surface area contributed by atoms with E-state index in [1.807, 2.05) is 6.92 Å². The van der Waals surface area contributed by atoms with Crippen molar-refractivity contribution in [2.45, 2.75) is 18.4 Å². The first-order valence-electron chi connectivity index (χ1n) is 9.20. The van der Waals surface area contributed by atoms with Crippen LogP contribution in [0.25, 0.3) is 0 Å². The smallest absolute Gasteiger partial charge is 0.264 e. The molecule has 0 bridgehead atoms. The van der Waals surface area contributed by atoms with Crippen LogP contribution in [0, 0.1) is 5.82 Å². The fraction of sp³-hybridized carbons (Fsp3) is 0.190. The Labute approximate surface area is 174 Å². The number of benzene rings is 2. The van der Waals surface area contributed by atoms with Gasteiger partial charge in [0, 0.05) is 0 Å². The minimum atomic E-state index is -4.09. The van der Waals surface area contributed by atoms with Gasteiger partial charge in [0.2, 0.25) is 5.91 Å². The molecule has 1 heterocycles. The van der Waals surface area contributed by atoms with Crippen molar-refractivity contribution in [2.24, 2.45) is 0 Å². The van der Waals surface area contributed by atoms with E-state index in [0.717, 1.165) is 16.4 Å². The van der Waals surface area contributed by atoms with Crippen LogP contribution < -0.4 is 14.4 Å². The predicted molar refractivity (Wildman–Crippen MR) is 109 cm³/mol. The summed E-state index contributed by atoms with van der Waals surface area (Å²) in [6.45, 7) is 1.90. The van der Waals surface area contributed by atoms with E-state index in [-0.39, 0.29) is 17.1 Å². The monoisotopic (exact) mass is 432 g/mol. The van der Waals surface area contributed by atoms with E-state index in [1.165, 1.54) is 42.7 Å². The van der Waals surface area contributed by atoms with Gasteiger partial charge in [-0.15, -0.1) is 0 Å². The first-order valence-corrected chi connectivity index (χ1v) is 10.6. The topological polar surface area (TPSA) is 88.9 Å². The molecular formula is C21H21FN2O5S. The van der Waals surface area contributed by atoms with E-state index < -0.39 is 28.3 Å². The normalized spacial score (nSPS) is 11.1. The third-order valence-electron chi connectivity index (χ3n) is 4.16. The summed E-state index contributed by atoms with van der Waals surface area (Å²) in [5, 5.41) is 2.61. The van der Waals surface area contributed by atoms with Gasteiger partial charge in [0.1, 0.15) is 23.9 Å². The van der Waals surface area contributed by atoms with Crippen LogP contribution in [-0.2, 0) is 21.4 Å². The fourth-order valence-corrected chi connectivity index (χ4v) is 4.13. The lowest BCUT2D eigenvalue weighted by Crippen LogP contribution is -2.40. The first-order chi connectivity index (χ1) is 14.4. The van der Waals surface area contributed by atoms with Crippen molar-refractivity contribution in [2.75, 3.05) is 17.5 Å². The molecule has 1 N–H and O–H groups in total. The lowest BCUT2D eigenvalue weighted by atomic mass is 10.3. The van der Waals surface area contributed by atoms with Crippen molar-refractivity contribution >= 4 is 21.6 Å². The van der Waals surface area contributed by atoms with Crippen LogP contribution in [0.1, 0.15) is 12.7 Å². The highest BCUT2D eigenvalue weighted by Gasteiger charge is 2.27. The number of carbonyl (C=O) groups is 1. The highest BCUT2D eigenvalue weighted by Crippen LogP contribution is 2.25. The average molecular weight is 432 g/mol. The molecule has 1 aromatic heterocycles. The van der Waals surface area contributed by atoms with Crippen molar-refractivity contribution in [3.8, 4) is 5.75 Å². The number of nitrogens with one attached hydrogen (secondary N) is 1. The fourth-order valence-electron chi connectivity index (χ4n) is 2.71. The molecule has 0 aliphatic carbocycles. The number of halogens is 1. The molecule has 158 valence electrons. The number of amides is 1. The Balaban J connectivity index is 1.86. The number of hydrogen-bond donors (Lipinski definition) is 1. The summed E-state index contributed by atoms with van der Waals surface area (Å²) in [7, 11) is -4.09. The number of carbonyl (C=O) groups excluding carboxylic acids is 1. The van der Waals surface area contributed by atoms with E-state index in [9.17, 15) is 17.6 Å². The highest BCUT2D eigenvalue weighted by molar-refractivity contribution is 7.92. The van der Waals surface area contributed by atoms with Crippen LogP contribution in [-0.4, -0.2) is 27.5 Å². The molecule has 0 fully saturated rings. The van der Waals surface area contributed by atoms with Gasteiger partial charge >= 0.3 is 0 Å². The number of sulfonamides is 1. The summed E-state index contributed by atoms with van der Waals surface area (Å²) >= 11 is 0. The molecule has 0 saturated carbocycles. The van der Waals surface area contributed by atoms with Crippen LogP contribution in [0.4, 0.5) is 10.1 Å². The van der Waals surface area contributed by atoms with Crippen LogP contribution in [0.5, 0.6) is 5.75 Å². The summed E-state index contributed by atoms with van der Waals surface area (Å²) in [6, 6.07) is 14.1. The summed E-state index contributed by atoms with van der Waals surface area (Å²) in [4.78, 5) is 12.4. The second-order valence-electron chi connectivity index (χ2n) is 6.25. The number of hydrogen-bond acceptors (Lipinski definition) is 5. The molecule has 0 radical (unpaired) electrons. The van der Waals surface area contributed by atoms with E-state index in [0.29, 0.717) is 18.1 Å². The third kappa shape index (κ3) is 5.18. The Hall–Kier alpha value is -3.33. The van der Waals surface area contributed by atoms with Crippen molar-refractivity contribution < 1.29 is 26.8 Å².